The highest BCUT2D eigenvalue weighted by molar-refractivity contribution is 7.99. The minimum absolute atomic E-state index is 0.160. The van der Waals surface area contributed by atoms with Gasteiger partial charge in [-0.3, -0.25) is 4.79 Å². The van der Waals surface area contributed by atoms with Crippen molar-refractivity contribution in [3.63, 3.8) is 0 Å². The van der Waals surface area contributed by atoms with Crippen LogP contribution in [0.3, 0.4) is 0 Å². The average Bonchev–Trinajstić information content (AvgIpc) is 3.26. The predicted octanol–water partition coefficient (Wildman–Crippen LogP) is 4.63. The van der Waals surface area contributed by atoms with Crippen LogP contribution in [0.15, 0.2) is 77.0 Å². The van der Waals surface area contributed by atoms with Gasteiger partial charge >= 0.3 is 0 Å². The number of imidazole rings is 1. The minimum Gasteiger partial charge on any atom is -0.329 e. The molecule has 2 aromatic carbocycles. The van der Waals surface area contributed by atoms with Crippen molar-refractivity contribution in [3.05, 3.63) is 83.9 Å². The molecule has 0 atom stereocenters. The molecule has 0 aliphatic rings. The van der Waals surface area contributed by atoms with Crippen LogP contribution >= 0.6 is 11.8 Å². The zero-order valence-corrected chi connectivity index (χ0v) is 17.3. The van der Waals surface area contributed by atoms with Crippen LogP contribution in [0.25, 0.3) is 5.69 Å². The van der Waals surface area contributed by atoms with Gasteiger partial charge in [0.2, 0.25) is 0 Å². The van der Waals surface area contributed by atoms with E-state index in [1.54, 1.807) is 22.6 Å². The van der Waals surface area contributed by atoms with Gasteiger partial charge in [0, 0.05) is 30.0 Å². The fourth-order valence-electron chi connectivity index (χ4n) is 3.15. The number of nitrogens with one attached hydrogen (secondary N) is 1. The Morgan fingerprint density at radius 3 is 2.41 bits per heavy atom. The molecule has 0 aliphatic carbocycles. The van der Waals surface area contributed by atoms with Crippen LogP contribution in [0.2, 0.25) is 0 Å². The summed E-state index contributed by atoms with van der Waals surface area (Å²) >= 11 is 1.58. The third-order valence-corrected chi connectivity index (χ3v) is 5.70. The number of hydrogen-bond acceptors (Lipinski definition) is 4. The maximum atomic E-state index is 12.9. The Balaban J connectivity index is 1.51. The van der Waals surface area contributed by atoms with Gasteiger partial charge < -0.3 is 9.88 Å². The first-order valence-electron chi connectivity index (χ1n) is 9.21. The standard InChI is InChI=1S/C22H21N5OS/c1-15-20(16(2)27(25-15)18-7-5-4-6-8-18)21(28)24-17-9-11-19(12-10-17)29-22-23-13-14-26(22)3/h4-14H,1-3H3,(H,24,28). The van der Waals surface area contributed by atoms with Crippen molar-refractivity contribution in [2.24, 2.45) is 7.05 Å². The van der Waals surface area contributed by atoms with Crippen LogP contribution in [0.1, 0.15) is 21.7 Å². The van der Waals surface area contributed by atoms with E-state index in [2.05, 4.69) is 15.4 Å². The normalized spacial score (nSPS) is 10.9. The van der Waals surface area contributed by atoms with Crippen molar-refractivity contribution in [2.75, 3.05) is 5.32 Å². The molecule has 0 unspecified atom stereocenters. The van der Waals surface area contributed by atoms with Gasteiger partial charge in [-0.2, -0.15) is 5.10 Å². The number of rotatable bonds is 5. The molecule has 0 saturated carbocycles. The second-order valence-corrected chi connectivity index (χ2v) is 7.74. The van der Waals surface area contributed by atoms with E-state index in [4.69, 9.17) is 0 Å². The molecule has 0 spiro atoms. The first-order chi connectivity index (χ1) is 14.0. The van der Waals surface area contributed by atoms with E-state index >= 15 is 0 Å². The summed E-state index contributed by atoms with van der Waals surface area (Å²) in [6, 6.07) is 17.6. The highest BCUT2D eigenvalue weighted by Crippen LogP contribution is 2.27. The van der Waals surface area contributed by atoms with Gasteiger partial charge in [0.25, 0.3) is 5.91 Å². The van der Waals surface area contributed by atoms with Gasteiger partial charge in [-0.15, -0.1) is 0 Å². The van der Waals surface area contributed by atoms with Crippen molar-refractivity contribution in [1.29, 1.82) is 0 Å². The Morgan fingerprint density at radius 1 is 1.03 bits per heavy atom. The van der Waals surface area contributed by atoms with Crippen molar-refractivity contribution >= 4 is 23.4 Å². The molecule has 4 rings (SSSR count). The lowest BCUT2D eigenvalue weighted by Gasteiger charge is -2.08. The van der Waals surface area contributed by atoms with Crippen molar-refractivity contribution in [2.45, 2.75) is 23.9 Å². The number of para-hydroxylation sites is 1. The monoisotopic (exact) mass is 403 g/mol. The molecule has 0 bridgehead atoms. The molecule has 0 radical (unpaired) electrons. The Labute approximate surface area is 173 Å². The van der Waals surface area contributed by atoms with E-state index in [1.807, 2.05) is 86.3 Å². The maximum absolute atomic E-state index is 12.9. The SMILES string of the molecule is Cc1nn(-c2ccccc2)c(C)c1C(=O)Nc1ccc(Sc2nccn2C)cc1. The topological polar surface area (TPSA) is 64.7 Å². The van der Waals surface area contributed by atoms with E-state index in [1.165, 1.54) is 0 Å². The first-order valence-corrected chi connectivity index (χ1v) is 10.0. The van der Waals surface area contributed by atoms with E-state index in [9.17, 15) is 4.79 Å². The van der Waals surface area contributed by atoms with E-state index < -0.39 is 0 Å². The largest absolute Gasteiger partial charge is 0.329 e. The lowest BCUT2D eigenvalue weighted by molar-refractivity contribution is 0.102. The fraction of sp³-hybridized carbons (Fsp3) is 0.136. The number of carbonyl (C=O) groups is 1. The molecule has 2 heterocycles. The zero-order chi connectivity index (χ0) is 20.4. The Morgan fingerprint density at radius 2 is 1.76 bits per heavy atom. The van der Waals surface area contributed by atoms with Gasteiger partial charge in [-0.25, -0.2) is 9.67 Å². The van der Waals surface area contributed by atoms with Gasteiger partial charge in [-0.05, 0) is 50.2 Å². The van der Waals surface area contributed by atoms with Crippen LogP contribution in [0.4, 0.5) is 5.69 Å². The first kappa shape index (κ1) is 19.0. The molecule has 0 aliphatic heterocycles. The van der Waals surface area contributed by atoms with Crippen LogP contribution in [0.5, 0.6) is 0 Å². The summed E-state index contributed by atoms with van der Waals surface area (Å²) in [6.07, 6.45) is 3.69. The van der Waals surface area contributed by atoms with E-state index in [0.717, 1.165) is 27.1 Å². The summed E-state index contributed by atoms with van der Waals surface area (Å²) in [5.74, 6) is -0.160. The lowest BCUT2D eigenvalue weighted by atomic mass is 10.1. The number of anilines is 1. The summed E-state index contributed by atoms with van der Waals surface area (Å²) in [6.45, 7) is 3.77. The van der Waals surface area contributed by atoms with Crippen LogP contribution in [0, 0.1) is 13.8 Å². The third-order valence-electron chi connectivity index (χ3n) is 4.62. The molecule has 0 saturated heterocycles. The Hall–Kier alpha value is -3.32. The Bertz CT molecular complexity index is 1150. The number of benzene rings is 2. The van der Waals surface area contributed by atoms with Gasteiger partial charge in [0.05, 0.1) is 22.6 Å². The smallest absolute Gasteiger partial charge is 0.259 e. The summed E-state index contributed by atoms with van der Waals surface area (Å²) in [7, 11) is 1.96. The summed E-state index contributed by atoms with van der Waals surface area (Å²) < 4.78 is 3.77. The predicted molar refractivity (Wildman–Crippen MR) is 115 cm³/mol. The molecule has 6 nitrogen and oxygen atoms in total. The second kappa shape index (κ2) is 7.97. The molecule has 1 amide bonds. The lowest BCUT2D eigenvalue weighted by Crippen LogP contribution is -2.14. The summed E-state index contributed by atoms with van der Waals surface area (Å²) in [4.78, 5) is 18.3. The van der Waals surface area contributed by atoms with E-state index in [-0.39, 0.29) is 5.91 Å². The third kappa shape index (κ3) is 3.95. The minimum atomic E-state index is -0.160. The molecule has 4 aromatic rings. The highest BCUT2D eigenvalue weighted by Gasteiger charge is 2.19. The zero-order valence-electron chi connectivity index (χ0n) is 16.5. The molecule has 29 heavy (non-hydrogen) atoms. The van der Waals surface area contributed by atoms with Crippen LogP contribution in [-0.2, 0) is 7.05 Å². The quantitative estimate of drug-likeness (QED) is 0.528. The number of aromatic nitrogens is 4. The van der Waals surface area contributed by atoms with Gasteiger partial charge in [-0.1, -0.05) is 30.0 Å². The van der Waals surface area contributed by atoms with Gasteiger partial charge in [0.15, 0.2) is 5.16 Å². The molecule has 146 valence electrons. The number of hydrogen-bond donors (Lipinski definition) is 1. The molecule has 2 aromatic heterocycles. The van der Waals surface area contributed by atoms with Crippen LogP contribution in [-0.4, -0.2) is 25.2 Å². The van der Waals surface area contributed by atoms with Gasteiger partial charge in [0.1, 0.15) is 0 Å². The molecular weight excluding hydrogens is 382 g/mol. The molecule has 0 fully saturated rings. The molecule has 1 N–H and O–H groups in total. The highest BCUT2D eigenvalue weighted by atomic mass is 32.2. The van der Waals surface area contributed by atoms with Crippen molar-refractivity contribution in [3.8, 4) is 5.69 Å². The molecular formula is C22H21N5OS. The number of aryl methyl sites for hydroxylation is 2. The number of carbonyl (C=O) groups excluding carboxylic acids is 1. The second-order valence-electron chi connectivity index (χ2n) is 6.69. The average molecular weight is 404 g/mol. The number of amides is 1. The van der Waals surface area contributed by atoms with E-state index in [0.29, 0.717) is 11.3 Å². The molecule has 7 heteroatoms. The van der Waals surface area contributed by atoms with Crippen molar-refractivity contribution in [1.82, 2.24) is 19.3 Å². The summed E-state index contributed by atoms with van der Waals surface area (Å²) in [5, 5.41) is 8.45. The van der Waals surface area contributed by atoms with Crippen LogP contribution < -0.4 is 5.32 Å². The summed E-state index contributed by atoms with van der Waals surface area (Å²) in [5.41, 5.74) is 3.78. The number of nitrogens with zero attached hydrogens (tertiary/aromatic N) is 4. The van der Waals surface area contributed by atoms with Crippen molar-refractivity contribution < 1.29 is 4.79 Å². The Kier molecular flexibility index (Phi) is 5.22. The fourth-order valence-corrected chi connectivity index (χ4v) is 3.95. The maximum Gasteiger partial charge on any atom is 0.259 e.